The summed E-state index contributed by atoms with van der Waals surface area (Å²) in [6.45, 7) is 2.44. The van der Waals surface area contributed by atoms with Crippen molar-refractivity contribution in [2.45, 2.75) is 37.9 Å². The van der Waals surface area contributed by atoms with E-state index in [0.717, 1.165) is 5.39 Å². The van der Waals surface area contributed by atoms with Crippen LogP contribution in [0.15, 0.2) is 59.5 Å². The zero-order valence-corrected chi connectivity index (χ0v) is 22.7. The normalized spacial score (nSPS) is 25.6. The summed E-state index contributed by atoms with van der Waals surface area (Å²) in [5, 5.41) is 23.4. The van der Waals surface area contributed by atoms with Gasteiger partial charge in [-0.25, -0.2) is 4.57 Å². The summed E-state index contributed by atoms with van der Waals surface area (Å²) in [7, 11) is -2.82. The van der Waals surface area contributed by atoms with E-state index in [4.69, 9.17) is 30.7 Å². The molecule has 2 aromatic carbocycles. The van der Waals surface area contributed by atoms with Gasteiger partial charge >= 0.3 is 13.6 Å². The van der Waals surface area contributed by atoms with Crippen LogP contribution in [0, 0.1) is 10.7 Å². The minimum atomic E-state index is -4.05. The number of esters is 1. The molecule has 6 atom stereocenters. The molecule has 3 aromatic rings. The molecular weight excluding hydrogens is 535 g/mol. The number of aromatic amines is 1. The number of benzene rings is 2. The van der Waals surface area contributed by atoms with Crippen molar-refractivity contribution in [2.75, 3.05) is 19.9 Å². The zero-order chi connectivity index (χ0) is 27.7. The van der Waals surface area contributed by atoms with Crippen molar-refractivity contribution in [2.24, 2.45) is 5.92 Å². The Morgan fingerprint density at radius 1 is 1.26 bits per heavy atom. The van der Waals surface area contributed by atoms with E-state index in [1.165, 1.54) is 37.8 Å². The van der Waals surface area contributed by atoms with Gasteiger partial charge in [-0.05, 0) is 30.6 Å². The van der Waals surface area contributed by atoms with Gasteiger partial charge in [0.05, 0.1) is 25.8 Å². The van der Waals surface area contributed by atoms with Crippen molar-refractivity contribution < 1.29 is 38.1 Å². The van der Waals surface area contributed by atoms with Crippen LogP contribution in [-0.4, -0.2) is 63.4 Å². The Morgan fingerprint density at radius 2 is 1.97 bits per heavy atom. The Balaban J connectivity index is 1.60. The highest BCUT2D eigenvalue weighted by atomic mass is 32.1. The second kappa shape index (κ2) is 11.1. The van der Waals surface area contributed by atoms with E-state index in [9.17, 15) is 24.4 Å². The minimum absolute atomic E-state index is 0.0200. The Labute approximate surface area is 223 Å². The molecule has 1 aromatic heterocycles. The topological polar surface area (TPSA) is 149 Å². The van der Waals surface area contributed by atoms with E-state index in [1.807, 2.05) is 24.3 Å². The average molecular weight is 565 g/mol. The number of ether oxygens (including phenoxy) is 2. The summed E-state index contributed by atoms with van der Waals surface area (Å²) in [5.41, 5.74) is -2.28. The van der Waals surface area contributed by atoms with Crippen molar-refractivity contribution in [1.29, 1.82) is 0 Å². The van der Waals surface area contributed by atoms with E-state index in [2.05, 4.69) is 4.98 Å². The summed E-state index contributed by atoms with van der Waals surface area (Å²) in [6.07, 6.45) is -2.78. The zero-order valence-electron chi connectivity index (χ0n) is 21.0. The second-order valence-corrected chi connectivity index (χ2v) is 11.7. The molecule has 38 heavy (non-hydrogen) atoms. The van der Waals surface area contributed by atoms with Gasteiger partial charge in [-0.3, -0.25) is 23.7 Å². The van der Waals surface area contributed by atoms with Crippen LogP contribution in [0.4, 0.5) is 0 Å². The lowest BCUT2D eigenvalue weighted by atomic mass is 9.96. The van der Waals surface area contributed by atoms with E-state index in [1.54, 1.807) is 18.2 Å². The van der Waals surface area contributed by atoms with Gasteiger partial charge in [-0.1, -0.05) is 43.3 Å². The van der Waals surface area contributed by atoms with Crippen molar-refractivity contribution in [1.82, 2.24) is 9.55 Å². The van der Waals surface area contributed by atoms with Crippen LogP contribution >= 0.6 is 19.8 Å². The maximum atomic E-state index is 14.0. The summed E-state index contributed by atoms with van der Waals surface area (Å²) in [4.78, 5) is 26.1. The summed E-state index contributed by atoms with van der Waals surface area (Å²) < 4.78 is 37.6. The molecule has 13 heteroatoms. The number of nitrogens with one attached hydrogen (secondary N) is 1. The fraction of sp³-hybridized carbons (Fsp3) is 0.400. The third kappa shape index (κ3) is 5.75. The van der Waals surface area contributed by atoms with Crippen molar-refractivity contribution in [3.8, 4) is 5.75 Å². The van der Waals surface area contributed by atoms with Crippen molar-refractivity contribution in [3.05, 3.63) is 69.9 Å². The van der Waals surface area contributed by atoms with Gasteiger partial charge in [0.15, 0.2) is 11.0 Å². The quantitative estimate of drug-likeness (QED) is 0.201. The van der Waals surface area contributed by atoms with E-state index in [0.29, 0.717) is 11.1 Å². The lowest BCUT2D eigenvalue weighted by Crippen LogP contribution is -2.44. The summed E-state index contributed by atoms with van der Waals surface area (Å²) >= 11 is 5.17. The van der Waals surface area contributed by atoms with E-state index >= 15 is 0 Å². The molecule has 1 unspecified atom stereocenters. The number of H-pyrrole nitrogens is 1. The molecule has 1 fully saturated rings. The number of rotatable bonds is 9. The number of carbonyl (C=O) groups is 1. The highest BCUT2D eigenvalue weighted by Crippen LogP contribution is 2.52. The smallest absolute Gasteiger partial charge is 0.380 e. The fourth-order valence-electron chi connectivity index (χ4n) is 4.33. The third-order valence-electron chi connectivity index (χ3n) is 6.38. The first-order valence-corrected chi connectivity index (χ1v) is 13.9. The number of hydrogen-bond donors (Lipinski definition) is 3. The molecule has 0 saturated carbocycles. The summed E-state index contributed by atoms with van der Waals surface area (Å²) in [6, 6.07) is 13.8. The maximum Gasteiger partial charge on any atom is 0.380 e. The lowest BCUT2D eigenvalue weighted by Gasteiger charge is -2.28. The molecule has 3 N–H and O–H groups in total. The largest absolute Gasteiger partial charge is 0.469 e. The highest BCUT2D eigenvalue weighted by Gasteiger charge is 2.53. The lowest BCUT2D eigenvalue weighted by molar-refractivity contribution is -0.144. The standard InChI is InChI=1S/C25H29N2O9PS/c1-15(22(30)33-3)14-37(32,36-18-10-6-8-16-7-4-5-9-17(16)18)34-13-19-21(29)25(2,31)23(35-19)27-12-11-20(28)26-24(27)38/h4-12,15,19,21,23,29,31H,13-14H2,1-3H3,(H,26,28,38)/t15-,19-,21+,23-,25?,37+/m1/s1. The van der Waals surface area contributed by atoms with Gasteiger partial charge in [-0.15, -0.1) is 0 Å². The molecule has 1 aliphatic rings. The Kier molecular flexibility index (Phi) is 8.22. The Bertz CT molecular complexity index is 1480. The molecule has 11 nitrogen and oxygen atoms in total. The first kappa shape index (κ1) is 28.2. The number of fused-ring (bicyclic) bond motifs is 1. The SMILES string of the molecule is COC(=O)[C@H](C)C[P@](=O)(OC[C@H]1O[C@@H](n2ccc(=O)[nH]c2=S)C(C)(O)[C@H]1O)Oc1cccc2ccccc12. The van der Waals surface area contributed by atoms with Gasteiger partial charge in [0.1, 0.15) is 23.6 Å². The number of aliphatic hydroxyl groups is 2. The number of aromatic nitrogens is 2. The van der Waals surface area contributed by atoms with Crippen molar-refractivity contribution >= 4 is 36.6 Å². The van der Waals surface area contributed by atoms with Crippen molar-refractivity contribution in [3.63, 3.8) is 0 Å². The van der Waals surface area contributed by atoms with Crippen LogP contribution in [0.3, 0.4) is 0 Å². The number of nitrogens with zero attached hydrogens (tertiary/aromatic N) is 1. The fourth-order valence-corrected chi connectivity index (χ4v) is 6.47. The van der Waals surface area contributed by atoms with Gasteiger partial charge in [0, 0.05) is 17.6 Å². The molecule has 204 valence electrons. The predicted molar refractivity (Wildman–Crippen MR) is 141 cm³/mol. The van der Waals surface area contributed by atoms with Gasteiger partial charge < -0.3 is 24.2 Å². The van der Waals surface area contributed by atoms with Crippen LogP contribution in [0.2, 0.25) is 0 Å². The maximum absolute atomic E-state index is 14.0. The van der Waals surface area contributed by atoms with Crippen LogP contribution in [-0.2, 0) is 23.4 Å². The Morgan fingerprint density at radius 3 is 2.68 bits per heavy atom. The number of aliphatic hydroxyl groups excluding tert-OH is 1. The summed E-state index contributed by atoms with van der Waals surface area (Å²) in [5.74, 6) is -1.13. The molecule has 1 aliphatic heterocycles. The van der Waals surface area contributed by atoms with Gasteiger partial charge in [0.25, 0.3) is 5.56 Å². The third-order valence-corrected chi connectivity index (χ3v) is 8.71. The molecule has 1 saturated heterocycles. The molecule has 4 rings (SSSR count). The number of hydrogen-bond acceptors (Lipinski definition) is 10. The molecule has 0 spiro atoms. The number of carbonyl (C=O) groups excluding carboxylic acids is 1. The van der Waals surface area contributed by atoms with Crippen LogP contribution in [0.25, 0.3) is 10.8 Å². The molecule has 2 heterocycles. The monoisotopic (exact) mass is 564 g/mol. The first-order chi connectivity index (χ1) is 17.9. The Hall–Kier alpha value is -2.86. The van der Waals surface area contributed by atoms with Gasteiger partial charge in [0.2, 0.25) is 0 Å². The molecule has 0 bridgehead atoms. The van der Waals surface area contributed by atoms with E-state index in [-0.39, 0.29) is 10.9 Å². The molecule has 0 amide bonds. The minimum Gasteiger partial charge on any atom is -0.469 e. The van der Waals surface area contributed by atoms with Crippen LogP contribution in [0.1, 0.15) is 20.1 Å². The van der Waals surface area contributed by atoms with Crippen LogP contribution < -0.4 is 10.1 Å². The van der Waals surface area contributed by atoms with E-state index < -0.39 is 55.7 Å². The molecular formula is C25H29N2O9PS. The average Bonchev–Trinajstić information content (AvgIpc) is 3.10. The molecule has 0 aliphatic carbocycles. The highest BCUT2D eigenvalue weighted by molar-refractivity contribution is 7.71. The van der Waals surface area contributed by atoms with Gasteiger partial charge in [-0.2, -0.15) is 0 Å². The van der Waals surface area contributed by atoms with Crippen LogP contribution in [0.5, 0.6) is 5.75 Å². The predicted octanol–water partition coefficient (Wildman–Crippen LogP) is 3.17. The molecule has 0 radical (unpaired) electrons. The second-order valence-electron chi connectivity index (χ2n) is 9.30. The number of methoxy groups -OCH3 is 1. The first-order valence-electron chi connectivity index (χ1n) is 11.8.